The largest absolute Gasteiger partial charge is 0.492 e. The molecule has 0 aliphatic carbocycles. The van der Waals surface area contributed by atoms with Crippen LogP contribution in [0, 0.1) is 5.92 Å². The Bertz CT molecular complexity index is 1210. The highest BCUT2D eigenvalue weighted by molar-refractivity contribution is 5.80. The number of hydrogen-bond acceptors (Lipinski definition) is 5. The third kappa shape index (κ3) is 5.95. The van der Waals surface area contributed by atoms with E-state index in [9.17, 15) is 9.59 Å². The summed E-state index contributed by atoms with van der Waals surface area (Å²) >= 11 is 0. The van der Waals surface area contributed by atoms with Gasteiger partial charge in [0.2, 0.25) is 5.91 Å². The Morgan fingerprint density at radius 1 is 1.08 bits per heavy atom. The number of amides is 1. The molecule has 1 heterocycles. The van der Waals surface area contributed by atoms with Gasteiger partial charge in [-0.3, -0.25) is 14.2 Å². The predicted octanol–water partition coefficient (Wildman–Crippen LogP) is 5.54. The summed E-state index contributed by atoms with van der Waals surface area (Å²) < 4.78 is 12.8. The van der Waals surface area contributed by atoms with Crippen molar-refractivity contribution in [1.82, 2.24) is 14.5 Å². The van der Waals surface area contributed by atoms with E-state index in [1.807, 2.05) is 61.2 Å². The molecule has 1 aromatic heterocycles. The summed E-state index contributed by atoms with van der Waals surface area (Å²) in [5.74, 6) is 1.08. The maximum atomic E-state index is 13.9. The van der Waals surface area contributed by atoms with Crippen LogP contribution in [-0.2, 0) is 9.53 Å². The van der Waals surface area contributed by atoms with Gasteiger partial charge in [-0.05, 0) is 51.0 Å². The molecule has 0 saturated carbocycles. The van der Waals surface area contributed by atoms with Gasteiger partial charge in [0.05, 0.1) is 35.8 Å². The molecule has 7 nitrogen and oxygen atoms in total. The van der Waals surface area contributed by atoms with E-state index in [1.165, 1.54) is 0 Å². The van der Waals surface area contributed by atoms with Crippen LogP contribution in [0.5, 0.6) is 5.75 Å². The second-order valence-corrected chi connectivity index (χ2v) is 8.98. The molecule has 0 radical (unpaired) electrons. The van der Waals surface area contributed by atoms with Gasteiger partial charge in [0.1, 0.15) is 11.6 Å². The lowest BCUT2D eigenvalue weighted by Crippen LogP contribution is -2.42. The molecule has 2 unspecified atom stereocenters. The van der Waals surface area contributed by atoms with E-state index in [2.05, 4.69) is 13.8 Å². The first-order valence-corrected chi connectivity index (χ1v) is 13.0. The van der Waals surface area contributed by atoms with Gasteiger partial charge in [0, 0.05) is 19.6 Å². The number of methoxy groups -OCH3 is 1. The summed E-state index contributed by atoms with van der Waals surface area (Å²) in [7, 11) is 1.63. The zero-order valence-corrected chi connectivity index (χ0v) is 22.2. The van der Waals surface area contributed by atoms with Gasteiger partial charge in [-0.2, -0.15) is 0 Å². The topological polar surface area (TPSA) is 73.7 Å². The Balaban J connectivity index is 2.22. The summed E-state index contributed by atoms with van der Waals surface area (Å²) in [4.78, 5) is 34.5. The zero-order chi connectivity index (χ0) is 26.1. The van der Waals surface area contributed by atoms with Gasteiger partial charge >= 0.3 is 0 Å². The number of rotatable bonds is 13. The molecule has 0 N–H and O–H groups in total. The molecule has 0 spiro atoms. The lowest BCUT2D eigenvalue weighted by molar-refractivity contribution is -0.139. The quantitative estimate of drug-likeness (QED) is 0.313. The molecule has 0 saturated heterocycles. The van der Waals surface area contributed by atoms with E-state index in [1.54, 1.807) is 17.7 Å². The maximum absolute atomic E-state index is 13.9. The molecular weight excluding hydrogens is 454 g/mol. The second-order valence-electron chi connectivity index (χ2n) is 8.98. The number of aromatic nitrogens is 2. The van der Waals surface area contributed by atoms with Crippen LogP contribution in [0.15, 0.2) is 53.3 Å². The Hall–Kier alpha value is -3.19. The number of benzene rings is 2. The first kappa shape index (κ1) is 27.4. The smallest absolute Gasteiger partial charge is 0.266 e. The minimum absolute atomic E-state index is 0.0718. The van der Waals surface area contributed by atoms with Crippen molar-refractivity contribution in [2.45, 2.75) is 59.4 Å². The van der Waals surface area contributed by atoms with E-state index in [0.29, 0.717) is 47.9 Å². The van der Waals surface area contributed by atoms with Crippen LogP contribution >= 0.6 is 0 Å². The van der Waals surface area contributed by atoms with Gasteiger partial charge in [-0.1, -0.05) is 51.0 Å². The summed E-state index contributed by atoms with van der Waals surface area (Å²) in [5.41, 5.74) is 1.03. The molecule has 0 aliphatic rings. The number of fused-ring (bicyclic) bond motifs is 1. The number of carbonyl (C=O) groups excluding carboxylic acids is 1. The molecule has 1 amide bonds. The Labute approximate surface area is 214 Å². The van der Waals surface area contributed by atoms with Crippen molar-refractivity contribution >= 4 is 16.8 Å². The first-order chi connectivity index (χ1) is 17.5. The van der Waals surface area contributed by atoms with Crippen molar-refractivity contribution in [3.8, 4) is 11.4 Å². The van der Waals surface area contributed by atoms with Gasteiger partial charge in [-0.15, -0.1) is 0 Å². The number of carbonyl (C=O) groups is 1. The van der Waals surface area contributed by atoms with Gasteiger partial charge in [0.15, 0.2) is 0 Å². The normalized spacial score (nSPS) is 12.9. The van der Waals surface area contributed by atoms with Crippen molar-refractivity contribution in [2.24, 2.45) is 5.92 Å². The summed E-state index contributed by atoms with van der Waals surface area (Å²) in [6.07, 6.45) is 3.64. The highest BCUT2D eigenvalue weighted by Gasteiger charge is 2.30. The van der Waals surface area contributed by atoms with E-state index in [0.717, 1.165) is 25.7 Å². The minimum Gasteiger partial charge on any atom is -0.492 e. The van der Waals surface area contributed by atoms with Crippen LogP contribution in [0.3, 0.4) is 0 Å². The molecule has 0 bridgehead atoms. The van der Waals surface area contributed by atoms with Crippen molar-refractivity contribution in [3.05, 3.63) is 64.7 Å². The van der Waals surface area contributed by atoms with Crippen molar-refractivity contribution < 1.29 is 14.3 Å². The predicted molar refractivity (Wildman–Crippen MR) is 144 cm³/mol. The second kappa shape index (κ2) is 13.2. The number of hydrogen-bond donors (Lipinski definition) is 0. The van der Waals surface area contributed by atoms with Gasteiger partial charge in [0.25, 0.3) is 5.56 Å². The van der Waals surface area contributed by atoms with Crippen LogP contribution in [0.1, 0.15) is 65.2 Å². The fourth-order valence-electron chi connectivity index (χ4n) is 4.59. The average molecular weight is 494 g/mol. The van der Waals surface area contributed by atoms with Crippen molar-refractivity contribution in [2.75, 3.05) is 26.9 Å². The van der Waals surface area contributed by atoms with E-state index in [4.69, 9.17) is 14.5 Å². The third-order valence-electron chi connectivity index (χ3n) is 6.62. The van der Waals surface area contributed by atoms with E-state index in [-0.39, 0.29) is 17.4 Å². The monoisotopic (exact) mass is 493 g/mol. The number of para-hydroxylation sites is 3. The van der Waals surface area contributed by atoms with E-state index < -0.39 is 6.04 Å². The van der Waals surface area contributed by atoms with Crippen molar-refractivity contribution in [1.29, 1.82) is 0 Å². The Kier molecular flexibility index (Phi) is 10.1. The van der Waals surface area contributed by atoms with Crippen LogP contribution in [0.25, 0.3) is 16.6 Å². The van der Waals surface area contributed by atoms with E-state index >= 15 is 0 Å². The minimum atomic E-state index is -0.463. The molecule has 3 aromatic rings. The van der Waals surface area contributed by atoms with Crippen molar-refractivity contribution in [3.63, 3.8) is 0 Å². The molecule has 3 rings (SSSR count). The summed E-state index contributed by atoms with van der Waals surface area (Å²) in [5, 5.41) is 0.518. The number of ether oxygens (including phenoxy) is 2. The molecule has 36 heavy (non-hydrogen) atoms. The highest BCUT2D eigenvalue weighted by Crippen LogP contribution is 2.29. The summed E-state index contributed by atoms with van der Waals surface area (Å²) in [6.45, 7) is 9.31. The standard InChI is InChI=1S/C29H39N3O4/c1-6-9-14-22(7-2)28(33)31(19-20-35-5)21(4)27-30-24-16-11-10-15-23(24)29(34)32(27)25-17-12-13-18-26(25)36-8-3/h10-13,15-18,21-22H,6-9,14,19-20H2,1-5H3. The van der Waals surface area contributed by atoms with Gasteiger partial charge < -0.3 is 14.4 Å². The van der Waals surface area contributed by atoms with Crippen LogP contribution in [0.4, 0.5) is 0 Å². The number of unbranched alkanes of at least 4 members (excludes halogenated alkanes) is 1. The molecule has 0 fully saturated rings. The third-order valence-corrected chi connectivity index (χ3v) is 6.62. The Morgan fingerprint density at radius 2 is 1.81 bits per heavy atom. The van der Waals surface area contributed by atoms with Crippen LogP contribution in [-0.4, -0.2) is 47.2 Å². The lowest BCUT2D eigenvalue weighted by Gasteiger charge is -2.33. The summed E-state index contributed by atoms with van der Waals surface area (Å²) in [6, 6.07) is 14.3. The molecule has 2 atom stereocenters. The van der Waals surface area contributed by atoms with Gasteiger partial charge in [-0.25, -0.2) is 4.98 Å². The number of nitrogens with zero attached hydrogens (tertiary/aromatic N) is 3. The average Bonchev–Trinajstić information content (AvgIpc) is 2.90. The van der Waals surface area contributed by atoms with Crippen LogP contribution in [0.2, 0.25) is 0 Å². The van der Waals surface area contributed by atoms with Crippen LogP contribution < -0.4 is 10.3 Å². The first-order valence-electron chi connectivity index (χ1n) is 13.0. The highest BCUT2D eigenvalue weighted by atomic mass is 16.5. The Morgan fingerprint density at radius 3 is 2.50 bits per heavy atom. The molecular formula is C29H39N3O4. The maximum Gasteiger partial charge on any atom is 0.266 e. The zero-order valence-electron chi connectivity index (χ0n) is 22.2. The SMILES string of the molecule is CCCCC(CC)C(=O)N(CCOC)C(C)c1nc2ccccc2c(=O)n1-c1ccccc1OCC. The fourth-order valence-corrected chi connectivity index (χ4v) is 4.59. The molecule has 2 aromatic carbocycles. The molecule has 0 aliphatic heterocycles. The lowest BCUT2D eigenvalue weighted by atomic mass is 9.97. The fraction of sp³-hybridized carbons (Fsp3) is 0.483. The molecule has 194 valence electrons. The molecule has 7 heteroatoms.